The zero-order valence-electron chi connectivity index (χ0n) is 9.69. The number of hydroxylamine groups is 1. The monoisotopic (exact) mass is 237 g/mol. The Morgan fingerprint density at radius 2 is 2.35 bits per heavy atom. The van der Waals surface area contributed by atoms with E-state index in [9.17, 15) is 4.79 Å². The third-order valence-electron chi connectivity index (χ3n) is 2.51. The minimum absolute atomic E-state index is 0.254. The molecule has 5 heteroatoms. The maximum absolute atomic E-state index is 11.7. The summed E-state index contributed by atoms with van der Waals surface area (Å²) in [5, 5.41) is 0. The van der Waals surface area contributed by atoms with Crippen LogP contribution in [0.4, 0.5) is 0 Å². The van der Waals surface area contributed by atoms with E-state index in [0.29, 0.717) is 25.4 Å². The Morgan fingerprint density at radius 1 is 1.47 bits per heavy atom. The highest BCUT2D eigenvalue weighted by molar-refractivity contribution is 5.93. The standard InChI is InChI=1S/C12H15NO4/c1-15-6-7-17-13-12(14)10-2-3-11-9(8-10)4-5-16-11/h2-3,8H,4-7H2,1H3,(H,13,14). The number of hydrogen-bond acceptors (Lipinski definition) is 4. The predicted molar refractivity (Wildman–Crippen MR) is 60.9 cm³/mol. The molecule has 17 heavy (non-hydrogen) atoms. The van der Waals surface area contributed by atoms with Crippen LogP contribution in [0.3, 0.4) is 0 Å². The topological polar surface area (TPSA) is 56.8 Å². The van der Waals surface area contributed by atoms with E-state index in [2.05, 4.69) is 5.48 Å². The van der Waals surface area contributed by atoms with Crippen LogP contribution in [0, 0.1) is 0 Å². The number of carbonyl (C=O) groups is 1. The zero-order chi connectivity index (χ0) is 12.1. The van der Waals surface area contributed by atoms with Crippen molar-refractivity contribution < 1.29 is 19.1 Å². The van der Waals surface area contributed by atoms with Crippen LogP contribution in [0.5, 0.6) is 5.75 Å². The Balaban J connectivity index is 1.91. The lowest BCUT2D eigenvalue weighted by molar-refractivity contribution is 0.00888. The lowest BCUT2D eigenvalue weighted by atomic mass is 10.1. The second kappa shape index (κ2) is 5.65. The first kappa shape index (κ1) is 11.9. The van der Waals surface area contributed by atoms with Gasteiger partial charge >= 0.3 is 0 Å². The van der Waals surface area contributed by atoms with Crippen LogP contribution in [0.2, 0.25) is 0 Å². The zero-order valence-corrected chi connectivity index (χ0v) is 9.69. The van der Waals surface area contributed by atoms with E-state index in [-0.39, 0.29) is 5.91 Å². The van der Waals surface area contributed by atoms with Gasteiger partial charge in [-0.2, -0.15) is 0 Å². The number of amides is 1. The number of benzene rings is 1. The highest BCUT2D eigenvalue weighted by atomic mass is 16.7. The van der Waals surface area contributed by atoms with Crippen molar-refractivity contribution in [3.63, 3.8) is 0 Å². The van der Waals surface area contributed by atoms with Crippen LogP contribution in [0.15, 0.2) is 18.2 Å². The van der Waals surface area contributed by atoms with Crippen LogP contribution in [-0.4, -0.2) is 32.8 Å². The molecule has 0 aliphatic carbocycles. The summed E-state index contributed by atoms with van der Waals surface area (Å²) < 4.78 is 10.2. The highest BCUT2D eigenvalue weighted by Gasteiger charge is 2.14. The molecule has 1 heterocycles. The predicted octanol–water partition coefficient (Wildman–Crippen LogP) is 0.929. The fourth-order valence-corrected chi connectivity index (χ4v) is 1.63. The molecule has 0 saturated carbocycles. The third-order valence-corrected chi connectivity index (χ3v) is 2.51. The van der Waals surface area contributed by atoms with Crippen molar-refractivity contribution >= 4 is 5.91 Å². The van der Waals surface area contributed by atoms with Crippen molar-refractivity contribution in [1.82, 2.24) is 5.48 Å². The van der Waals surface area contributed by atoms with Gasteiger partial charge in [0.2, 0.25) is 0 Å². The van der Waals surface area contributed by atoms with Gasteiger partial charge in [0, 0.05) is 19.1 Å². The van der Waals surface area contributed by atoms with E-state index in [1.807, 2.05) is 12.1 Å². The van der Waals surface area contributed by atoms with Crippen molar-refractivity contribution in [2.45, 2.75) is 6.42 Å². The molecule has 0 aromatic heterocycles. The summed E-state index contributed by atoms with van der Waals surface area (Å²) in [7, 11) is 1.58. The van der Waals surface area contributed by atoms with E-state index in [1.165, 1.54) is 0 Å². The number of hydrogen-bond donors (Lipinski definition) is 1. The summed E-state index contributed by atoms with van der Waals surface area (Å²) in [4.78, 5) is 16.6. The van der Waals surface area contributed by atoms with Crippen LogP contribution >= 0.6 is 0 Å². The van der Waals surface area contributed by atoms with Crippen LogP contribution in [0.25, 0.3) is 0 Å². The Hall–Kier alpha value is -1.59. The first-order valence-corrected chi connectivity index (χ1v) is 5.48. The van der Waals surface area contributed by atoms with E-state index in [4.69, 9.17) is 14.3 Å². The largest absolute Gasteiger partial charge is 0.493 e. The molecule has 0 fully saturated rings. The van der Waals surface area contributed by atoms with E-state index >= 15 is 0 Å². The van der Waals surface area contributed by atoms with Gasteiger partial charge in [0.15, 0.2) is 0 Å². The molecule has 0 atom stereocenters. The second-order valence-corrected chi connectivity index (χ2v) is 3.69. The fourth-order valence-electron chi connectivity index (χ4n) is 1.63. The number of rotatable bonds is 5. The molecule has 0 radical (unpaired) electrons. The van der Waals surface area contributed by atoms with Crippen LogP contribution < -0.4 is 10.2 Å². The van der Waals surface area contributed by atoms with Gasteiger partial charge in [-0.1, -0.05) is 0 Å². The molecular formula is C12H15NO4. The van der Waals surface area contributed by atoms with Crippen molar-refractivity contribution in [3.8, 4) is 5.75 Å². The van der Waals surface area contributed by atoms with Crippen molar-refractivity contribution in [1.29, 1.82) is 0 Å². The quantitative estimate of drug-likeness (QED) is 0.611. The van der Waals surface area contributed by atoms with Crippen LogP contribution in [0.1, 0.15) is 15.9 Å². The van der Waals surface area contributed by atoms with Gasteiger partial charge in [-0.25, -0.2) is 5.48 Å². The average molecular weight is 237 g/mol. The molecule has 0 unspecified atom stereocenters. The van der Waals surface area contributed by atoms with Gasteiger partial charge in [-0.3, -0.25) is 9.63 Å². The van der Waals surface area contributed by atoms with Gasteiger partial charge < -0.3 is 9.47 Å². The Kier molecular flexibility index (Phi) is 3.95. The number of nitrogens with one attached hydrogen (secondary N) is 1. The van der Waals surface area contributed by atoms with E-state index < -0.39 is 0 Å². The molecule has 1 amide bonds. The van der Waals surface area contributed by atoms with E-state index in [0.717, 1.165) is 17.7 Å². The summed E-state index contributed by atoms with van der Waals surface area (Å²) in [6, 6.07) is 5.36. The van der Waals surface area contributed by atoms with E-state index in [1.54, 1.807) is 13.2 Å². The smallest absolute Gasteiger partial charge is 0.274 e. The SMILES string of the molecule is COCCONC(=O)c1ccc2c(c1)CCO2. The van der Waals surface area contributed by atoms with Crippen molar-refractivity contribution in [2.75, 3.05) is 26.9 Å². The maximum Gasteiger partial charge on any atom is 0.274 e. The molecule has 1 aromatic carbocycles. The molecule has 1 aliphatic rings. The second-order valence-electron chi connectivity index (χ2n) is 3.69. The third kappa shape index (κ3) is 2.95. The lowest BCUT2D eigenvalue weighted by Crippen LogP contribution is -2.25. The van der Waals surface area contributed by atoms with Gasteiger partial charge in [0.25, 0.3) is 5.91 Å². The molecule has 92 valence electrons. The van der Waals surface area contributed by atoms with Gasteiger partial charge in [0.05, 0.1) is 19.8 Å². The molecule has 1 aliphatic heterocycles. The first-order chi connectivity index (χ1) is 8.31. The minimum atomic E-state index is -0.254. The molecule has 1 aromatic rings. The normalized spacial score (nSPS) is 13.0. The summed E-state index contributed by atoms with van der Waals surface area (Å²) in [5.74, 6) is 0.609. The van der Waals surface area contributed by atoms with Crippen molar-refractivity contribution in [3.05, 3.63) is 29.3 Å². The fraction of sp³-hybridized carbons (Fsp3) is 0.417. The first-order valence-electron chi connectivity index (χ1n) is 5.48. The Labute approximate surface area is 99.6 Å². The summed E-state index contributed by atoms with van der Waals surface area (Å²) in [5.41, 5.74) is 4.01. The summed E-state index contributed by atoms with van der Waals surface area (Å²) in [6.45, 7) is 1.46. The molecule has 5 nitrogen and oxygen atoms in total. The van der Waals surface area contributed by atoms with Crippen LogP contribution in [-0.2, 0) is 16.0 Å². The maximum atomic E-state index is 11.7. The molecule has 1 N–H and O–H groups in total. The van der Waals surface area contributed by atoms with Gasteiger partial charge in [-0.05, 0) is 23.8 Å². The molecule has 2 rings (SSSR count). The highest BCUT2D eigenvalue weighted by Crippen LogP contribution is 2.25. The number of ether oxygens (including phenoxy) is 2. The number of carbonyl (C=O) groups excluding carboxylic acids is 1. The Bertz CT molecular complexity index is 405. The molecular weight excluding hydrogens is 222 g/mol. The molecule has 0 bridgehead atoms. The minimum Gasteiger partial charge on any atom is -0.493 e. The average Bonchev–Trinajstić information content (AvgIpc) is 2.81. The molecule has 0 spiro atoms. The van der Waals surface area contributed by atoms with Gasteiger partial charge in [-0.15, -0.1) is 0 Å². The number of methoxy groups -OCH3 is 1. The van der Waals surface area contributed by atoms with Gasteiger partial charge in [0.1, 0.15) is 5.75 Å². The molecule has 0 saturated heterocycles. The lowest BCUT2D eigenvalue weighted by Gasteiger charge is -2.06. The summed E-state index contributed by atoms with van der Waals surface area (Å²) in [6.07, 6.45) is 0.848. The Morgan fingerprint density at radius 3 is 3.18 bits per heavy atom. The summed E-state index contributed by atoms with van der Waals surface area (Å²) >= 11 is 0. The van der Waals surface area contributed by atoms with Crippen molar-refractivity contribution in [2.24, 2.45) is 0 Å². The number of fused-ring (bicyclic) bond motifs is 1.